The fourth-order valence-electron chi connectivity index (χ4n) is 3.17. The number of carbonyl (C=O) groups excluding carboxylic acids is 1. The van der Waals surface area contributed by atoms with Crippen molar-refractivity contribution in [3.63, 3.8) is 0 Å². The largest absolute Gasteiger partial charge is 0.497 e. The molecule has 1 heterocycles. The lowest BCUT2D eigenvalue weighted by Crippen LogP contribution is -2.47. The molecule has 8 nitrogen and oxygen atoms in total. The van der Waals surface area contributed by atoms with Gasteiger partial charge in [-0.15, -0.1) is 0 Å². The number of methoxy groups -OCH3 is 2. The Labute approximate surface area is 161 Å². The van der Waals surface area contributed by atoms with E-state index in [4.69, 9.17) is 9.47 Å². The molecule has 1 atom stereocenters. The van der Waals surface area contributed by atoms with E-state index in [0.717, 1.165) is 5.56 Å². The fourth-order valence-corrected chi connectivity index (χ4v) is 4.30. The average molecular weight is 400 g/mol. The van der Waals surface area contributed by atoms with Crippen LogP contribution in [0.15, 0.2) is 18.2 Å². The first-order chi connectivity index (χ1) is 12.7. The van der Waals surface area contributed by atoms with Crippen LogP contribution in [-0.2, 0) is 15.0 Å². The van der Waals surface area contributed by atoms with E-state index < -0.39 is 10.2 Å². The van der Waals surface area contributed by atoms with Crippen LogP contribution in [0.3, 0.4) is 0 Å². The molecule has 1 aromatic rings. The molecule has 2 rings (SSSR count). The Morgan fingerprint density at radius 2 is 1.85 bits per heavy atom. The number of nitrogens with zero attached hydrogens (tertiary/aromatic N) is 2. The number of benzene rings is 1. The summed E-state index contributed by atoms with van der Waals surface area (Å²) in [6.45, 7) is 2.58. The lowest BCUT2D eigenvalue weighted by atomic mass is 9.96. The van der Waals surface area contributed by atoms with E-state index in [0.29, 0.717) is 37.4 Å². The third kappa shape index (κ3) is 4.91. The monoisotopic (exact) mass is 399 g/mol. The van der Waals surface area contributed by atoms with Crippen LogP contribution >= 0.6 is 0 Å². The van der Waals surface area contributed by atoms with Gasteiger partial charge < -0.3 is 14.8 Å². The van der Waals surface area contributed by atoms with E-state index in [-0.39, 0.29) is 17.9 Å². The lowest BCUT2D eigenvalue weighted by Gasteiger charge is -2.32. The molecule has 9 heteroatoms. The Hall–Kier alpha value is -1.84. The van der Waals surface area contributed by atoms with Crippen LogP contribution in [0, 0.1) is 5.92 Å². The zero-order valence-corrected chi connectivity index (χ0v) is 17.4. The van der Waals surface area contributed by atoms with Gasteiger partial charge in [0.2, 0.25) is 5.91 Å². The van der Waals surface area contributed by atoms with Crippen molar-refractivity contribution >= 4 is 16.1 Å². The third-order valence-corrected chi connectivity index (χ3v) is 6.82. The van der Waals surface area contributed by atoms with Gasteiger partial charge in [0.05, 0.1) is 20.3 Å². The van der Waals surface area contributed by atoms with Crippen LogP contribution in [0.4, 0.5) is 0 Å². The highest BCUT2D eigenvalue weighted by Gasteiger charge is 2.32. The number of hydrogen-bond acceptors (Lipinski definition) is 5. The first-order valence-corrected chi connectivity index (χ1v) is 10.3. The van der Waals surface area contributed by atoms with Crippen molar-refractivity contribution in [1.29, 1.82) is 0 Å². The molecule has 0 bridgehead atoms. The summed E-state index contributed by atoms with van der Waals surface area (Å²) in [5.74, 6) is 1.08. The molecule has 0 aromatic heterocycles. The van der Waals surface area contributed by atoms with Crippen molar-refractivity contribution in [2.45, 2.75) is 25.8 Å². The molecular formula is C18H29N3O5S. The molecule has 27 heavy (non-hydrogen) atoms. The van der Waals surface area contributed by atoms with Crippen LogP contribution in [0.5, 0.6) is 11.5 Å². The summed E-state index contributed by atoms with van der Waals surface area (Å²) in [5, 5.41) is 3.02. The first-order valence-electron chi connectivity index (χ1n) is 8.90. The second kappa shape index (κ2) is 8.90. The summed E-state index contributed by atoms with van der Waals surface area (Å²) < 4.78 is 37.6. The molecule has 0 aliphatic carbocycles. The molecule has 1 saturated heterocycles. The SMILES string of the molecule is COc1ccc(OC)c(C(C)NC(=O)C2CCN(S(=O)(=O)N(C)C)CC2)c1. The van der Waals surface area contributed by atoms with E-state index in [1.54, 1.807) is 26.4 Å². The van der Waals surface area contributed by atoms with E-state index in [1.807, 2.05) is 13.0 Å². The van der Waals surface area contributed by atoms with Gasteiger partial charge in [0.25, 0.3) is 10.2 Å². The Morgan fingerprint density at radius 3 is 2.37 bits per heavy atom. The predicted octanol–water partition coefficient (Wildman–Crippen LogP) is 1.40. The van der Waals surface area contributed by atoms with Crippen molar-refractivity contribution < 1.29 is 22.7 Å². The maximum Gasteiger partial charge on any atom is 0.281 e. The van der Waals surface area contributed by atoms with Gasteiger partial charge in [-0.3, -0.25) is 4.79 Å². The van der Waals surface area contributed by atoms with E-state index >= 15 is 0 Å². The number of rotatable bonds is 7. The molecule has 1 aromatic carbocycles. The fraction of sp³-hybridized carbons (Fsp3) is 0.611. The number of hydrogen-bond donors (Lipinski definition) is 1. The zero-order valence-electron chi connectivity index (χ0n) is 16.6. The number of amides is 1. The molecular weight excluding hydrogens is 370 g/mol. The molecule has 0 radical (unpaired) electrons. The van der Waals surface area contributed by atoms with Gasteiger partial charge in [-0.05, 0) is 38.0 Å². The third-order valence-electron chi connectivity index (χ3n) is 4.87. The zero-order chi connectivity index (χ0) is 20.2. The number of piperidine rings is 1. The van der Waals surface area contributed by atoms with Crippen LogP contribution in [0.2, 0.25) is 0 Å². The van der Waals surface area contributed by atoms with Gasteiger partial charge >= 0.3 is 0 Å². The van der Waals surface area contributed by atoms with Gasteiger partial charge in [-0.1, -0.05) is 0 Å². The Kier molecular flexibility index (Phi) is 7.07. The molecule has 0 spiro atoms. The second-order valence-electron chi connectivity index (χ2n) is 6.80. The average Bonchev–Trinajstić information content (AvgIpc) is 2.67. The Balaban J connectivity index is 2.00. The Morgan fingerprint density at radius 1 is 1.22 bits per heavy atom. The van der Waals surface area contributed by atoms with Crippen molar-refractivity contribution in [2.24, 2.45) is 5.92 Å². The summed E-state index contributed by atoms with van der Waals surface area (Å²) in [6, 6.07) is 5.20. The molecule has 1 amide bonds. The van der Waals surface area contributed by atoms with Crippen molar-refractivity contribution in [1.82, 2.24) is 13.9 Å². The lowest BCUT2D eigenvalue weighted by molar-refractivity contribution is -0.126. The van der Waals surface area contributed by atoms with Gasteiger partial charge in [0, 0.05) is 38.7 Å². The van der Waals surface area contributed by atoms with Crippen LogP contribution < -0.4 is 14.8 Å². The predicted molar refractivity (Wildman–Crippen MR) is 103 cm³/mol. The van der Waals surface area contributed by atoms with Gasteiger partial charge in [-0.2, -0.15) is 17.0 Å². The van der Waals surface area contributed by atoms with Gasteiger partial charge in [0.1, 0.15) is 11.5 Å². The molecule has 1 aliphatic heterocycles. The minimum Gasteiger partial charge on any atom is -0.497 e. The molecule has 1 N–H and O–H groups in total. The summed E-state index contributed by atoms with van der Waals surface area (Å²) in [4.78, 5) is 12.7. The van der Waals surface area contributed by atoms with Crippen LogP contribution in [-0.4, -0.2) is 64.3 Å². The maximum absolute atomic E-state index is 12.7. The number of ether oxygens (including phenoxy) is 2. The van der Waals surface area contributed by atoms with Gasteiger partial charge in [-0.25, -0.2) is 0 Å². The molecule has 152 valence electrons. The van der Waals surface area contributed by atoms with Crippen LogP contribution in [0.1, 0.15) is 31.4 Å². The number of nitrogens with one attached hydrogen (secondary N) is 1. The van der Waals surface area contributed by atoms with Crippen molar-refractivity contribution in [3.05, 3.63) is 23.8 Å². The van der Waals surface area contributed by atoms with Crippen molar-refractivity contribution in [2.75, 3.05) is 41.4 Å². The standard InChI is InChI=1S/C18H29N3O5S/c1-13(16-12-15(25-4)6-7-17(16)26-5)19-18(22)14-8-10-21(11-9-14)27(23,24)20(2)3/h6-7,12-14H,8-11H2,1-5H3,(H,19,22). The smallest absolute Gasteiger partial charge is 0.281 e. The topological polar surface area (TPSA) is 88.2 Å². The minimum absolute atomic E-state index is 0.0747. The molecule has 1 unspecified atom stereocenters. The molecule has 0 saturated carbocycles. The highest BCUT2D eigenvalue weighted by molar-refractivity contribution is 7.86. The molecule has 1 aliphatic rings. The van der Waals surface area contributed by atoms with E-state index in [9.17, 15) is 13.2 Å². The summed E-state index contributed by atoms with van der Waals surface area (Å²) in [7, 11) is 2.77. The second-order valence-corrected chi connectivity index (χ2v) is 8.94. The van der Waals surface area contributed by atoms with Crippen molar-refractivity contribution in [3.8, 4) is 11.5 Å². The summed E-state index contributed by atoms with van der Waals surface area (Å²) in [5.41, 5.74) is 0.831. The summed E-state index contributed by atoms with van der Waals surface area (Å²) >= 11 is 0. The maximum atomic E-state index is 12.7. The highest BCUT2D eigenvalue weighted by Crippen LogP contribution is 2.30. The Bertz CT molecular complexity index is 758. The quantitative estimate of drug-likeness (QED) is 0.749. The van der Waals surface area contributed by atoms with Crippen LogP contribution in [0.25, 0.3) is 0 Å². The van der Waals surface area contributed by atoms with E-state index in [2.05, 4.69) is 5.32 Å². The molecule has 1 fully saturated rings. The minimum atomic E-state index is -3.43. The number of carbonyl (C=O) groups is 1. The first kappa shape index (κ1) is 21.5. The highest BCUT2D eigenvalue weighted by atomic mass is 32.2. The van der Waals surface area contributed by atoms with Gasteiger partial charge in [0.15, 0.2) is 0 Å². The summed E-state index contributed by atoms with van der Waals surface area (Å²) in [6.07, 6.45) is 1.00. The normalized spacial score (nSPS) is 17.6. The van der Waals surface area contributed by atoms with E-state index in [1.165, 1.54) is 22.7 Å².